The van der Waals surface area contributed by atoms with Crippen LogP contribution in [0.4, 0.5) is 24.0 Å². The third-order valence-corrected chi connectivity index (χ3v) is 18.1. The Hall–Kier alpha value is -10.7. The predicted molar refractivity (Wildman–Crippen MR) is 528 cm³/mol. The Bertz CT molecular complexity index is 4040. The number of carbonyl (C=O) groups excluding carboxylic acids is 6. The van der Waals surface area contributed by atoms with Crippen molar-refractivity contribution in [3.05, 3.63) is 286 Å². The minimum absolute atomic E-state index is 0. The average Bonchev–Trinajstić information content (AvgIpc) is 1.69. The fourth-order valence-electron chi connectivity index (χ4n) is 10.8. The number of pyridine rings is 1. The van der Waals surface area contributed by atoms with Gasteiger partial charge in [-0.2, -0.15) is 0 Å². The van der Waals surface area contributed by atoms with Crippen molar-refractivity contribution in [1.82, 2.24) is 50.5 Å². The largest absolute Gasteiger partial charge is 1.00 e. The van der Waals surface area contributed by atoms with Crippen LogP contribution in [0.3, 0.4) is 0 Å². The summed E-state index contributed by atoms with van der Waals surface area (Å²) in [6, 6.07) is 60.9. The summed E-state index contributed by atoms with van der Waals surface area (Å²) < 4.78 is 53.6. The molecule has 47 heteroatoms. The minimum atomic E-state index is -0.735. The predicted octanol–water partition coefficient (Wildman–Crippen LogP) is 6.14. The van der Waals surface area contributed by atoms with Gasteiger partial charge in [-0.3, -0.25) is 34.1 Å². The van der Waals surface area contributed by atoms with Gasteiger partial charge in [-0.25, -0.2) is 24.0 Å². The van der Waals surface area contributed by atoms with Gasteiger partial charge in [0.25, 0.3) is 10.8 Å². The summed E-state index contributed by atoms with van der Waals surface area (Å²) in [6.45, 7) is 22.1. The molecule has 0 spiro atoms. The number of benzene rings is 6. The van der Waals surface area contributed by atoms with Gasteiger partial charge in [0.05, 0.1) is 66.1 Å². The summed E-state index contributed by atoms with van der Waals surface area (Å²) in [5.74, 6) is 1.10. The molecule has 0 saturated carbocycles. The van der Waals surface area contributed by atoms with Crippen LogP contribution in [0, 0.1) is 0 Å². The van der Waals surface area contributed by atoms with Crippen molar-refractivity contribution in [1.29, 1.82) is 0 Å². The van der Waals surface area contributed by atoms with Crippen molar-refractivity contribution in [3.8, 4) is 0 Å². The second kappa shape index (κ2) is 92.6. The van der Waals surface area contributed by atoms with E-state index in [1.807, 2.05) is 182 Å². The molecule has 0 aliphatic carbocycles. The molecule has 1 aliphatic rings. The number of nitrogens with one attached hydrogen (secondary N) is 4. The molecule has 756 valence electrons. The van der Waals surface area contributed by atoms with Crippen molar-refractivity contribution in [2.75, 3.05) is 248 Å². The molecule has 8 rings (SSSR count). The molecule has 0 bridgehead atoms. The molecule has 5 amide bonds. The van der Waals surface area contributed by atoms with E-state index in [0.717, 1.165) is 90.5 Å². The fraction of sp³-hybridized carbons (Fsp3) is 0.484. The molecule has 16 N–H and O–H groups in total. The van der Waals surface area contributed by atoms with Gasteiger partial charge in [-0.15, -0.1) is 27.9 Å². The third kappa shape index (κ3) is 75.3. The summed E-state index contributed by atoms with van der Waals surface area (Å²) in [6.07, 6.45) is -2.29. The van der Waals surface area contributed by atoms with E-state index < -0.39 is 35.2 Å². The third-order valence-electron chi connectivity index (χ3n) is 17.6. The number of aromatic nitrogens is 1. The maximum atomic E-state index is 12.3. The first-order valence-electron chi connectivity index (χ1n) is 44.3. The summed E-state index contributed by atoms with van der Waals surface area (Å²) in [5.41, 5.74) is 66.6. The monoisotopic (exact) mass is 2000 g/mol. The molecule has 1 aliphatic heterocycles. The average molecular weight is 2000 g/mol. The molecule has 0 atom stereocenters. The normalized spacial score (nSPS) is 10.5. The number of alkyl carbamates (subject to hydrolysis) is 4. The van der Waals surface area contributed by atoms with Crippen LogP contribution in [-0.4, -0.2) is 313 Å². The molecular weight excluding hydrogens is 1860 g/mol. The van der Waals surface area contributed by atoms with Crippen molar-refractivity contribution < 1.29 is 111 Å². The van der Waals surface area contributed by atoms with E-state index in [9.17, 15) is 33.6 Å². The van der Waals surface area contributed by atoms with Gasteiger partial charge in [0.1, 0.15) is 45.3 Å². The number of hydrogen-bond acceptors (Lipinski definition) is 30. The number of amides is 5. The molecule has 1 fully saturated rings. The minimum Gasteiger partial charge on any atom is -0.445 e. The number of rotatable bonds is 60. The number of ether oxygens (including phenoxy) is 10. The number of halogens is 3. The van der Waals surface area contributed by atoms with Crippen LogP contribution in [0.2, 0.25) is 0 Å². The first-order valence-corrected chi connectivity index (χ1v) is 45.8. The summed E-state index contributed by atoms with van der Waals surface area (Å²) in [4.78, 5) is 105. The topological polar surface area (TPSA) is 602 Å². The molecule has 138 heavy (non-hydrogen) atoms. The summed E-state index contributed by atoms with van der Waals surface area (Å²) >= 11 is 15.9. The van der Waals surface area contributed by atoms with E-state index in [0.29, 0.717) is 202 Å². The van der Waals surface area contributed by atoms with Crippen molar-refractivity contribution in [3.63, 3.8) is 0 Å². The second-order valence-electron chi connectivity index (χ2n) is 28.1. The maximum Gasteiger partial charge on any atom is 1.00 e. The second-order valence-corrected chi connectivity index (χ2v) is 29.2. The molecule has 7 aromatic rings. The summed E-state index contributed by atoms with van der Waals surface area (Å²) in [5, 5.41) is 16.9. The number of alkyl halides is 2. The van der Waals surface area contributed by atoms with Crippen molar-refractivity contribution in [2.45, 2.75) is 39.6 Å². The fourth-order valence-corrected chi connectivity index (χ4v) is 11.2. The van der Waals surface area contributed by atoms with Gasteiger partial charge in [0.2, 0.25) is 0 Å². The van der Waals surface area contributed by atoms with Crippen molar-refractivity contribution >= 4 is 70.5 Å². The van der Waals surface area contributed by atoms with Gasteiger partial charge >= 0.3 is 60.0 Å². The van der Waals surface area contributed by atoms with E-state index in [-0.39, 0.29) is 74.4 Å². The van der Waals surface area contributed by atoms with E-state index >= 15 is 0 Å². The van der Waals surface area contributed by atoms with Crippen LogP contribution < -0.4 is 95.6 Å². The molecule has 0 radical (unpaired) electrons. The number of nitrogens with two attached hydrogens (primary N) is 6. The SMILES string of the molecule is ClCCOCCCl.NCCN(CCN)CCOCCN(CCN)CCN.NCCOCCN.O=C(Cl)c1cccc(=O)n1OCc1ccccc1.O=C(NCCN(CCNC(=O)OCc1ccccc1)CCOCCN(CCNC(=O)OCc1ccccc1)CCNC(=O)OCc1ccccc1)OCc1ccccc1.O=C(OCc1ccccc1)N1CC1.[N-]=[N+]=NCCOCCN=[N+]=[N-].[N-]=[N+]=[N-].[Na+]. The zero-order valence-electron chi connectivity index (χ0n) is 78.8. The Morgan fingerprint density at radius 3 is 0.884 bits per heavy atom. The first-order chi connectivity index (χ1) is 66.9. The van der Waals surface area contributed by atoms with Crippen LogP contribution >= 0.6 is 34.8 Å². The molecule has 1 saturated heterocycles. The molecule has 43 nitrogen and oxygen atoms in total. The molecule has 2 heterocycles. The van der Waals surface area contributed by atoms with E-state index in [1.54, 1.807) is 4.90 Å². The molecule has 6 aromatic carbocycles. The van der Waals surface area contributed by atoms with E-state index in [2.05, 4.69) is 60.9 Å². The maximum absolute atomic E-state index is 12.3. The molecule has 0 unspecified atom stereocenters. The zero-order chi connectivity index (χ0) is 100. The number of nitrogens with zero attached hydrogens (tertiary/aromatic N) is 15. The number of hydrogen-bond donors (Lipinski definition) is 10. The Labute approximate surface area is 844 Å². The van der Waals surface area contributed by atoms with Crippen LogP contribution in [0.1, 0.15) is 43.9 Å². The Balaban J connectivity index is 0.00000191. The van der Waals surface area contributed by atoms with E-state index in [4.69, 9.17) is 144 Å². The molecular formula is C91H137Cl3N25NaO18. The first kappa shape index (κ1) is 127. The number of azide groups is 2. The van der Waals surface area contributed by atoms with Gasteiger partial charge in [0, 0.05) is 198 Å². The smallest absolute Gasteiger partial charge is 0.445 e. The Morgan fingerprint density at radius 2 is 0.616 bits per heavy atom. The van der Waals surface area contributed by atoms with Crippen molar-refractivity contribution in [2.24, 2.45) is 44.6 Å². The summed E-state index contributed by atoms with van der Waals surface area (Å²) in [7, 11) is 0. The van der Waals surface area contributed by atoms with Crippen LogP contribution in [0.25, 0.3) is 36.9 Å². The standard InChI is InChI=1S/C44H56N6O9.C13H10ClNO3.C12H32N6O.C10H11NO2.C4H8Cl2O.C4H8N6O.C4H12N2O.N3.Na/c51-41(56-33-37-13-5-1-6-14-37)45-21-25-49(26-22-46-42(52)57-34-38-15-7-2-8-16-38)29-31-55-32-30-50(27-23-47-43(53)58-35-39-17-9-3-10-18-39)28-24-48-44(54)59-36-40-19-11-4-12-20-40;14-13(17)11-7-4-8-12(16)15(11)18-9-10-5-2-1-3-6-10;13-1-5-17(6-2-14)9-11-19-12-10-18(7-3-15)8-4-16;12-10(11-6-7-11)13-8-9-4-2-1-3-5-9;5-1-3-7-4-2-6;5-9-7-1-3-11-4-2-8-10-6;5-1-3-7-4-2-6;1-3-2;/h1-20H,21-36H2,(H,45,51)(H,46,52)(H,47,53)(H,48,54);1-8H,9H2;1-16H2;1-5H,6-8H2;1-4H2;1-4H2;1-6H2;;/q;;;;;;;-1;+1. The number of carbonyl (C=O) groups is 6. The Morgan fingerprint density at radius 1 is 0.348 bits per heavy atom. The van der Waals surface area contributed by atoms with Gasteiger partial charge in [-0.1, -0.05) is 198 Å². The zero-order valence-corrected chi connectivity index (χ0v) is 83.1. The van der Waals surface area contributed by atoms with Crippen LogP contribution in [0.15, 0.2) is 215 Å². The Kier molecular flexibility index (Phi) is 85.4. The van der Waals surface area contributed by atoms with Crippen LogP contribution in [0.5, 0.6) is 0 Å². The van der Waals surface area contributed by atoms with Gasteiger partial charge in [0.15, 0.2) is 0 Å². The van der Waals surface area contributed by atoms with Gasteiger partial charge < -0.3 is 124 Å². The van der Waals surface area contributed by atoms with E-state index in [1.165, 1.54) is 23.1 Å². The molecule has 1 aromatic heterocycles. The quantitative estimate of drug-likeness (QED) is 0.00235. The van der Waals surface area contributed by atoms with Crippen LogP contribution in [-0.2, 0) is 87.0 Å². The van der Waals surface area contributed by atoms with Gasteiger partial charge in [-0.05, 0) is 62.1 Å².